The number of aliphatic hydroxyl groups excluding tert-OH is 1. The Bertz CT molecular complexity index is 221. The van der Waals surface area contributed by atoms with Crippen molar-refractivity contribution in [2.24, 2.45) is 11.8 Å². The molecule has 0 amide bonds. The van der Waals surface area contributed by atoms with Gasteiger partial charge < -0.3 is 9.84 Å². The van der Waals surface area contributed by atoms with E-state index in [0.29, 0.717) is 6.04 Å². The molecule has 0 aromatic carbocycles. The van der Waals surface area contributed by atoms with Crippen LogP contribution in [0.25, 0.3) is 0 Å². The van der Waals surface area contributed by atoms with Crippen molar-refractivity contribution in [2.45, 2.75) is 59.1 Å². The third kappa shape index (κ3) is 4.52. The first-order chi connectivity index (χ1) is 8.60. The summed E-state index contributed by atoms with van der Waals surface area (Å²) in [7, 11) is 0. The molecule has 0 saturated heterocycles. The molecule has 3 heteroatoms. The molecular formula is C15H31NO2. The molecule has 3 atom stereocenters. The summed E-state index contributed by atoms with van der Waals surface area (Å²) in [6, 6.07) is 0.330. The summed E-state index contributed by atoms with van der Waals surface area (Å²) in [5.74, 6) is 1.49. The first-order valence-corrected chi connectivity index (χ1v) is 7.59. The second kappa shape index (κ2) is 8.13. The monoisotopic (exact) mass is 257 g/mol. The summed E-state index contributed by atoms with van der Waals surface area (Å²) in [4.78, 5) is 2.40. The number of aliphatic hydroxyl groups is 1. The molecule has 0 aromatic heterocycles. The van der Waals surface area contributed by atoms with Crippen LogP contribution in [0.5, 0.6) is 0 Å². The molecular weight excluding hydrogens is 226 g/mol. The van der Waals surface area contributed by atoms with Crippen LogP contribution in [-0.4, -0.2) is 48.5 Å². The summed E-state index contributed by atoms with van der Waals surface area (Å²) in [5.41, 5.74) is 0. The molecule has 1 aliphatic carbocycles. The van der Waals surface area contributed by atoms with Crippen LogP contribution in [0.3, 0.4) is 0 Å². The molecule has 3 nitrogen and oxygen atoms in total. The SMILES string of the molecule is CCOCCN(CC)C1CC(C(C)C)CCC1O. The standard InChI is InChI=1S/C15H31NO2/c1-5-16(9-10-18-6-2)14-11-13(12(3)4)7-8-15(14)17/h12-15,17H,5-11H2,1-4H3. The second-order valence-corrected chi connectivity index (χ2v) is 5.78. The van der Waals surface area contributed by atoms with Crippen LogP contribution in [0.4, 0.5) is 0 Å². The number of hydrogen-bond acceptors (Lipinski definition) is 3. The van der Waals surface area contributed by atoms with Gasteiger partial charge in [-0.2, -0.15) is 0 Å². The molecule has 108 valence electrons. The van der Waals surface area contributed by atoms with Crippen LogP contribution in [0.2, 0.25) is 0 Å². The highest BCUT2D eigenvalue weighted by Gasteiger charge is 2.33. The van der Waals surface area contributed by atoms with Crippen molar-refractivity contribution >= 4 is 0 Å². The highest BCUT2D eigenvalue weighted by Crippen LogP contribution is 2.32. The van der Waals surface area contributed by atoms with Gasteiger partial charge in [-0.3, -0.25) is 4.90 Å². The van der Waals surface area contributed by atoms with E-state index in [4.69, 9.17) is 4.74 Å². The minimum atomic E-state index is -0.151. The van der Waals surface area contributed by atoms with Gasteiger partial charge in [-0.1, -0.05) is 20.8 Å². The Balaban J connectivity index is 2.52. The molecule has 1 fully saturated rings. The van der Waals surface area contributed by atoms with E-state index < -0.39 is 0 Å². The Morgan fingerprint density at radius 3 is 2.56 bits per heavy atom. The Morgan fingerprint density at radius 2 is 2.00 bits per heavy atom. The lowest BCUT2D eigenvalue weighted by molar-refractivity contribution is -0.0130. The fourth-order valence-electron chi connectivity index (χ4n) is 3.04. The van der Waals surface area contributed by atoms with Gasteiger partial charge in [0.2, 0.25) is 0 Å². The Hall–Kier alpha value is -0.120. The first kappa shape index (κ1) is 15.9. The average molecular weight is 257 g/mol. The summed E-state index contributed by atoms with van der Waals surface area (Å²) in [6.07, 6.45) is 3.12. The zero-order valence-electron chi connectivity index (χ0n) is 12.6. The van der Waals surface area contributed by atoms with Crippen molar-refractivity contribution in [3.8, 4) is 0 Å². The fraction of sp³-hybridized carbons (Fsp3) is 1.00. The van der Waals surface area contributed by atoms with Crippen molar-refractivity contribution in [1.29, 1.82) is 0 Å². The molecule has 18 heavy (non-hydrogen) atoms. The van der Waals surface area contributed by atoms with E-state index in [1.807, 2.05) is 6.92 Å². The van der Waals surface area contributed by atoms with Crippen molar-refractivity contribution in [1.82, 2.24) is 4.90 Å². The molecule has 0 heterocycles. The molecule has 1 aliphatic rings. The fourth-order valence-corrected chi connectivity index (χ4v) is 3.04. The smallest absolute Gasteiger partial charge is 0.0695 e. The maximum absolute atomic E-state index is 10.2. The number of nitrogens with zero attached hydrogens (tertiary/aromatic N) is 1. The Labute approximate surface area is 113 Å². The summed E-state index contributed by atoms with van der Waals surface area (Å²) in [5, 5.41) is 10.2. The van der Waals surface area contributed by atoms with Gasteiger partial charge in [-0.15, -0.1) is 0 Å². The first-order valence-electron chi connectivity index (χ1n) is 7.59. The van der Waals surface area contributed by atoms with Crippen LogP contribution >= 0.6 is 0 Å². The van der Waals surface area contributed by atoms with E-state index in [1.54, 1.807) is 0 Å². The molecule has 0 radical (unpaired) electrons. The number of hydrogen-bond donors (Lipinski definition) is 1. The predicted molar refractivity (Wildman–Crippen MR) is 75.7 cm³/mol. The van der Waals surface area contributed by atoms with Crippen LogP contribution in [0.15, 0.2) is 0 Å². The normalized spacial score (nSPS) is 29.2. The van der Waals surface area contributed by atoms with Crippen LogP contribution in [0.1, 0.15) is 47.0 Å². The molecule has 1 saturated carbocycles. The van der Waals surface area contributed by atoms with Crippen molar-refractivity contribution < 1.29 is 9.84 Å². The average Bonchev–Trinajstić information content (AvgIpc) is 2.35. The molecule has 0 spiro atoms. The number of rotatable bonds is 7. The van der Waals surface area contributed by atoms with Crippen molar-refractivity contribution in [2.75, 3.05) is 26.3 Å². The van der Waals surface area contributed by atoms with E-state index in [1.165, 1.54) is 6.42 Å². The van der Waals surface area contributed by atoms with Gasteiger partial charge in [-0.05, 0) is 44.6 Å². The van der Waals surface area contributed by atoms with Crippen molar-refractivity contribution in [3.63, 3.8) is 0 Å². The topological polar surface area (TPSA) is 32.7 Å². The molecule has 0 aliphatic heterocycles. The third-order valence-corrected chi connectivity index (χ3v) is 4.37. The van der Waals surface area contributed by atoms with E-state index in [2.05, 4.69) is 25.7 Å². The Morgan fingerprint density at radius 1 is 1.28 bits per heavy atom. The predicted octanol–water partition coefficient (Wildman–Crippen LogP) is 2.53. The van der Waals surface area contributed by atoms with Crippen molar-refractivity contribution in [3.05, 3.63) is 0 Å². The molecule has 0 aromatic rings. The highest BCUT2D eigenvalue weighted by molar-refractivity contribution is 4.87. The lowest BCUT2D eigenvalue weighted by Crippen LogP contribution is -2.49. The van der Waals surface area contributed by atoms with Crippen LogP contribution < -0.4 is 0 Å². The highest BCUT2D eigenvalue weighted by atomic mass is 16.5. The van der Waals surface area contributed by atoms with E-state index >= 15 is 0 Å². The Kier molecular flexibility index (Phi) is 7.20. The van der Waals surface area contributed by atoms with Gasteiger partial charge in [0, 0.05) is 19.2 Å². The quantitative estimate of drug-likeness (QED) is 0.711. The van der Waals surface area contributed by atoms with Crippen LogP contribution in [-0.2, 0) is 4.74 Å². The van der Waals surface area contributed by atoms with Gasteiger partial charge >= 0.3 is 0 Å². The summed E-state index contributed by atoms with van der Waals surface area (Å²) in [6.45, 7) is 12.3. The maximum atomic E-state index is 10.2. The van der Waals surface area contributed by atoms with E-state index in [0.717, 1.165) is 51.0 Å². The number of ether oxygens (including phenoxy) is 1. The van der Waals surface area contributed by atoms with Gasteiger partial charge in [0.15, 0.2) is 0 Å². The maximum Gasteiger partial charge on any atom is 0.0695 e. The second-order valence-electron chi connectivity index (χ2n) is 5.78. The third-order valence-electron chi connectivity index (χ3n) is 4.37. The lowest BCUT2D eigenvalue weighted by Gasteiger charge is -2.41. The molecule has 3 unspecified atom stereocenters. The molecule has 1 rings (SSSR count). The molecule has 1 N–H and O–H groups in total. The zero-order chi connectivity index (χ0) is 13.5. The van der Waals surface area contributed by atoms with Crippen LogP contribution in [0, 0.1) is 11.8 Å². The van der Waals surface area contributed by atoms with E-state index in [9.17, 15) is 5.11 Å². The lowest BCUT2D eigenvalue weighted by atomic mass is 9.77. The molecule has 0 bridgehead atoms. The minimum Gasteiger partial charge on any atom is -0.391 e. The van der Waals surface area contributed by atoms with Gasteiger partial charge in [0.05, 0.1) is 12.7 Å². The van der Waals surface area contributed by atoms with Gasteiger partial charge in [0.25, 0.3) is 0 Å². The largest absolute Gasteiger partial charge is 0.391 e. The van der Waals surface area contributed by atoms with Gasteiger partial charge in [-0.25, -0.2) is 0 Å². The number of likely N-dealkylation sites (N-methyl/N-ethyl adjacent to an activating group) is 1. The summed E-state index contributed by atoms with van der Waals surface area (Å²) >= 11 is 0. The summed E-state index contributed by atoms with van der Waals surface area (Å²) < 4.78 is 5.44. The zero-order valence-corrected chi connectivity index (χ0v) is 12.6. The van der Waals surface area contributed by atoms with Gasteiger partial charge in [0.1, 0.15) is 0 Å². The van der Waals surface area contributed by atoms with E-state index in [-0.39, 0.29) is 6.10 Å². The minimum absolute atomic E-state index is 0.151.